The Morgan fingerprint density at radius 1 is 1.08 bits per heavy atom. The van der Waals surface area contributed by atoms with Gasteiger partial charge in [0.25, 0.3) is 0 Å². The maximum Gasteiger partial charge on any atom is 0.322 e. The summed E-state index contributed by atoms with van der Waals surface area (Å²) in [5.41, 5.74) is 4.93. The van der Waals surface area contributed by atoms with E-state index in [0.29, 0.717) is 0 Å². The van der Waals surface area contributed by atoms with E-state index in [1.807, 2.05) is 0 Å². The van der Waals surface area contributed by atoms with E-state index in [2.05, 4.69) is 0 Å². The molecule has 0 bridgehead atoms. The second-order valence-electron chi connectivity index (χ2n) is 2.31. The first-order valence-corrected chi connectivity index (χ1v) is 6.16. The van der Waals surface area contributed by atoms with Crippen LogP contribution in [0, 0.1) is 0 Å². The van der Waals surface area contributed by atoms with Crippen LogP contribution in [0.2, 0.25) is 0 Å². The fraction of sp³-hybridized carbons (Fsp3) is 1.00. The molecule has 0 aliphatic heterocycles. The summed E-state index contributed by atoms with van der Waals surface area (Å²) in [5.74, 6) is 0. The van der Waals surface area contributed by atoms with Crippen LogP contribution in [0.5, 0.6) is 0 Å². The molecular formula is C4H9F2NO4S2. The van der Waals surface area contributed by atoms with Crippen molar-refractivity contribution < 1.29 is 24.6 Å². The molecule has 0 rings (SSSR count). The molecule has 13 heavy (non-hydrogen) atoms. The molecule has 5 nitrogen and oxygen atoms in total. The Morgan fingerprint density at radius 2 is 1.46 bits per heavy atom. The van der Waals surface area contributed by atoms with E-state index in [1.165, 1.54) is 0 Å². The largest absolute Gasteiger partial charge is 0.330 e. The van der Waals surface area contributed by atoms with Crippen molar-refractivity contribution in [1.82, 2.24) is 0 Å². The Morgan fingerprint density at radius 3 is 1.69 bits per heavy atom. The molecular weight excluding hydrogens is 228 g/mol. The van der Waals surface area contributed by atoms with Crippen molar-refractivity contribution in [3.8, 4) is 0 Å². The zero-order chi connectivity index (χ0) is 10.7. The predicted octanol–water partition coefficient (Wildman–Crippen LogP) is -0.350. The normalized spacial score (nSPS) is 13.5. The lowest BCUT2D eigenvalue weighted by Crippen LogP contribution is -2.25. The van der Waals surface area contributed by atoms with Gasteiger partial charge in [-0.1, -0.05) is 0 Å². The molecule has 9 heteroatoms. The fourth-order valence-corrected chi connectivity index (χ4v) is 2.70. The third-order valence-corrected chi connectivity index (χ3v) is 4.38. The molecule has 0 saturated heterocycles. The summed E-state index contributed by atoms with van der Waals surface area (Å²) in [7, 11) is -10.8. The highest BCUT2D eigenvalue weighted by molar-refractivity contribution is 8.04. The Hall–Kier alpha value is -0.280. The number of halogens is 2. The van der Waals surface area contributed by atoms with Crippen LogP contribution in [0.4, 0.5) is 7.77 Å². The van der Waals surface area contributed by atoms with Gasteiger partial charge in [0.1, 0.15) is 0 Å². The average Bonchev–Trinajstić information content (AvgIpc) is 1.81. The van der Waals surface area contributed by atoms with Crippen molar-refractivity contribution >= 4 is 20.4 Å². The van der Waals surface area contributed by atoms with E-state index in [-0.39, 0.29) is 13.0 Å². The number of rotatable bonds is 5. The van der Waals surface area contributed by atoms with Crippen molar-refractivity contribution in [3.63, 3.8) is 0 Å². The van der Waals surface area contributed by atoms with Gasteiger partial charge in [0.05, 0.1) is 0 Å². The summed E-state index contributed by atoms with van der Waals surface area (Å²) < 4.78 is 62.4. The summed E-state index contributed by atoms with van der Waals surface area (Å²) >= 11 is 0. The second kappa shape index (κ2) is 4.29. The van der Waals surface area contributed by atoms with E-state index in [4.69, 9.17) is 5.73 Å². The smallest absolute Gasteiger partial charge is 0.322 e. The minimum atomic E-state index is -5.41. The van der Waals surface area contributed by atoms with Gasteiger partial charge in [0.15, 0.2) is 0 Å². The van der Waals surface area contributed by atoms with E-state index < -0.39 is 31.4 Å². The maximum atomic E-state index is 12.2. The minimum absolute atomic E-state index is 0.0401. The van der Waals surface area contributed by atoms with Gasteiger partial charge in [0, 0.05) is 0 Å². The van der Waals surface area contributed by atoms with Crippen LogP contribution >= 0.6 is 0 Å². The molecule has 0 fully saturated rings. The van der Waals surface area contributed by atoms with Gasteiger partial charge in [-0.05, 0) is 19.4 Å². The van der Waals surface area contributed by atoms with Gasteiger partial charge in [-0.25, -0.2) is 0 Å². The average molecular weight is 237 g/mol. The van der Waals surface area contributed by atoms with Crippen LogP contribution in [0.3, 0.4) is 0 Å². The summed E-state index contributed by atoms with van der Waals surface area (Å²) in [6, 6.07) is 0. The fourth-order valence-electron chi connectivity index (χ4n) is 0.703. The zero-order valence-electron chi connectivity index (χ0n) is 6.48. The van der Waals surface area contributed by atoms with E-state index in [1.54, 1.807) is 0 Å². The van der Waals surface area contributed by atoms with Crippen molar-refractivity contribution in [2.24, 2.45) is 5.73 Å². The van der Waals surface area contributed by atoms with Gasteiger partial charge < -0.3 is 5.73 Å². The molecule has 0 saturated carbocycles. The highest BCUT2D eigenvalue weighted by Gasteiger charge is 2.37. The minimum Gasteiger partial charge on any atom is -0.330 e. The lowest BCUT2D eigenvalue weighted by atomic mass is 10.3. The van der Waals surface area contributed by atoms with E-state index >= 15 is 0 Å². The van der Waals surface area contributed by atoms with Crippen LogP contribution in [-0.4, -0.2) is 28.0 Å². The quantitative estimate of drug-likeness (QED) is 0.659. The van der Waals surface area contributed by atoms with Gasteiger partial charge in [0.2, 0.25) is 4.58 Å². The topological polar surface area (TPSA) is 94.3 Å². The van der Waals surface area contributed by atoms with Crippen LogP contribution in [-0.2, 0) is 20.4 Å². The standard InChI is InChI=1S/C4H9F2NO4S2/c5-12(8,9)4(2-1-3-7)13(6,10)11/h4H,1-3,7H2. The van der Waals surface area contributed by atoms with E-state index in [9.17, 15) is 24.6 Å². The Kier molecular flexibility index (Phi) is 4.20. The highest BCUT2D eigenvalue weighted by Crippen LogP contribution is 2.18. The van der Waals surface area contributed by atoms with Gasteiger partial charge >= 0.3 is 20.4 Å². The molecule has 0 amide bonds. The Labute approximate surface area is 75.3 Å². The molecule has 0 aromatic carbocycles. The highest BCUT2D eigenvalue weighted by atomic mass is 32.3. The summed E-state index contributed by atoms with van der Waals surface area (Å²) in [6.45, 7) is -0.0401. The monoisotopic (exact) mass is 237 g/mol. The van der Waals surface area contributed by atoms with Crippen LogP contribution in [0.25, 0.3) is 0 Å². The number of hydrogen-bond donors (Lipinski definition) is 1. The molecule has 0 atom stereocenters. The molecule has 80 valence electrons. The van der Waals surface area contributed by atoms with Crippen LogP contribution in [0.1, 0.15) is 12.8 Å². The van der Waals surface area contributed by atoms with Crippen LogP contribution in [0.15, 0.2) is 0 Å². The number of nitrogens with two attached hydrogens (primary N) is 1. The van der Waals surface area contributed by atoms with E-state index in [0.717, 1.165) is 0 Å². The van der Waals surface area contributed by atoms with Crippen molar-refractivity contribution in [2.75, 3.05) is 6.54 Å². The molecule has 0 aromatic rings. The molecule has 0 aromatic heterocycles. The maximum absolute atomic E-state index is 12.2. The molecule has 0 aliphatic rings. The zero-order valence-corrected chi connectivity index (χ0v) is 8.11. The Bertz CT molecular complexity index is 316. The second-order valence-corrected chi connectivity index (χ2v) is 5.65. The lowest BCUT2D eigenvalue weighted by molar-refractivity contribution is 0.517. The summed E-state index contributed by atoms with van der Waals surface area (Å²) in [5, 5.41) is 0. The van der Waals surface area contributed by atoms with Crippen molar-refractivity contribution in [2.45, 2.75) is 17.4 Å². The SMILES string of the molecule is NCCCC(S(=O)(=O)F)S(=O)(=O)F. The first-order chi connectivity index (χ1) is 5.69. The molecule has 2 N–H and O–H groups in total. The summed E-state index contributed by atoms with van der Waals surface area (Å²) in [4.78, 5) is 0. The lowest BCUT2D eigenvalue weighted by Gasteiger charge is -2.05. The van der Waals surface area contributed by atoms with Crippen molar-refractivity contribution in [3.05, 3.63) is 0 Å². The molecule has 0 unspecified atom stereocenters. The first kappa shape index (κ1) is 12.7. The van der Waals surface area contributed by atoms with Gasteiger partial charge in [-0.15, -0.1) is 7.77 Å². The third-order valence-electron chi connectivity index (χ3n) is 1.27. The third kappa shape index (κ3) is 4.48. The van der Waals surface area contributed by atoms with Crippen molar-refractivity contribution in [1.29, 1.82) is 0 Å². The van der Waals surface area contributed by atoms with Gasteiger partial charge in [-0.3, -0.25) is 0 Å². The predicted molar refractivity (Wildman–Crippen MR) is 42.1 cm³/mol. The van der Waals surface area contributed by atoms with Gasteiger partial charge in [-0.2, -0.15) is 16.8 Å². The van der Waals surface area contributed by atoms with Crippen LogP contribution < -0.4 is 5.73 Å². The number of hydrogen-bond acceptors (Lipinski definition) is 5. The molecule has 0 radical (unpaired) electrons. The molecule has 0 spiro atoms. The molecule has 0 heterocycles. The molecule has 0 aliphatic carbocycles. The summed E-state index contributed by atoms with van der Waals surface area (Å²) in [6.07, 6.45) is -0.759. The first-order valence-electron chi connectivity index (χ1n) is 3.26. The Balaban J connectivity index is 4.81.